The van der Waals surface area contributed by atoms with Crippen molar-refractivity contribution >= 4 is 54.3 Å². The maximum atomic E-state index is 13.0. The second kappa shape index (κ2) is 7.08. The normalized spacial score (nSPS) is 13.6. The molecule has 0 spiro atoms. The monoisotopic (exact) mass is 463 g/mol. The Morgan fingerprint density at radius 2 is 1.53 bits per heavy atom. The summed E-state index contributed by atoms with van der Waals surface area (Å²) in [6, 6.07) is 15.5. The molecular weight excluding hydrogens is 452 g/mol. The fourth-order valence-electron chi connectivity index (χ4n) is 3.42. The topological polar surface area (TPSA) is 125 Å². The summed E-state index contributed by atoms with van der Waals surface area (Å²) < 4.78 is 26.8. The van der Waals surface area contributed by atoms with Crippen molar-refractivity contribution in [2.75, 3.05) is 4.90 Å². The third kappa shape index (κ3) is 3.00. The van der Waals surface area contributed by atoms with Gasteiger partial charge in [-0.05, 0) is 48.0 Å². The van der Waals surface area contributed by atoms with Crippen LogP contribution in [0.5, 0.6) is 0 Å². The summed E-state index contributed by atoms with van der Waals surface area (Å²) in [6.07, 6.45) is 0. The maximum absolute atomic E-state index is 13.0. The van der Waals surface area contributed by atoms with Crippen molar-refractivity contribution in [1.82, 2.24) is 4.98 Å². The molecule has 0 unspecified atom stereocenters. The van der Waals surface area contributed by atoms with E-state index >= 15 is 0 Å². The number of carboxylic acids is 1. The van der Waals surface area contributed by atoms with E-state index in [0.29, 0.717) is 5.52 Å². The minimum Gasteiger partial charge on any atom is -0.545 e. The number of benzene rings is 3. The first-order valence-corrected chi connectivity index (χ1v) is 11.5. The minimum absolute atomic E-state index is 0.0401. The number of imide groups is 1. The molecule has 1 aromatic heterocycles. The smallest absolute Gasteiger partial charge is 0.268 e. The molecular formula is C22H11N2O6S2-. The van der Waals surface area contributed by atoms with Gasteiger partial charge in [-0.2, -0.15) is 0 Å². The highest BCUT2D eigenvalue weighted by Crippen LogP contribution is 2.35. The molecule has 0 bridgehead atoms. The molecule has 0 radical (unpaired) electrons. The number of amides is 2. The zero-order valence-electron chi connectivity index (χ0n) is 16.0. The van der Waals surface area contributed by atoms with Gasteiger partial charge in [-0.3, -0.25) is 9.59 Å². The molecule has 10 heteroatoms. The van der Waals surface area contributed by atoms with E-state index in [4.69, 9.17) is 0 Å². The SMILES string of the molecule is O=C([O-])c1ccc(S(=O)(=O)c2ccc3c(c2)C(=O)N(c2nc4ccccc4s2)C3=O)cc1. The lowest BCUT2D eigenvalue weighted by Crippen LogP contribution is -2.29. The number of carbonyl (C=O) groups is 3. The molecule has 32 heavy (non-hydrogen) atoms. The Kier molecular flexibility index (Phi) is 4.43. The number of carboxylic acid groups (broad SMARTS) is 1. The molecule has 1 aliphatic rings. The summed E-state index contributed by atoms with van der Waals surface area (Å²) >= 11 is 1.18. The number of fused-ring (bicyclic) bond motifs is 2. The van der Waals surface area contributed by atoms with Gasteiger partial charge in [-0.25, -0.2) is 18.3 Å². The van der Waals surface area contributed by atoms with Crippen molar-refractivity contribution in [3.05, 3.63) is 83.4 Å². The van der Waals surface area contributed by atoms with Gasteiger partial charge in [0.15, 0.2) is 0 Å². The molecule has 2 heterocycles. The van der Waals surface area contributed by atoms with Gasteiger partial charge in [-0.15, -0.1) is 0 Å². The number of aromatic nitrogens is 1. The van der Waals surface area contributed by atoms with Crippen LogP contribution in [0.4, 0.5) is 5.13 Å². The summed E-state index contributed by atoms with van der Waals surface area (Å²) in [5.74, 6) is -2.66. The molecule has 4 aromatic rings. The van der Waals surface area contributed by atoms with Gasteiger partial charge in [0, 0.05) is 0 Å². The van der Waals surface area contributed by atoms with Gasteiger partial charge in [0.1, 0.15) is 0 Å². The molecule has 0 N–H and O–H groups in total. The summed E-state index contributed by atoms with van der Waals surface area (Å²) in [5.41, 5.74) is 0.527. The molecule has 0 aliphatic carbocycles. The van der Waals surface area contributed by atoms with Crippen molar-refractivity contribution < 1.29 is 27.9 Å². The van der Waals surface area contributed by atoms with Crippen LogP contribution in [0.15, 0.2) is 76.5 Å². The van der Waals surface area contributed by atoms with Gasteiger partial charge in [-0.1, -0.05) is 35.6 Å². The van der Waals surface area contributed by atoms with Crippen molar-refractivity contribution in [3.63, 3.8) is 0 Å². The van der Waals surface area contributed by atoms with Gasteiger partial charge in [0.2, 0.25) is 15.0 Å². The van der Waals surface area contributed by atoms with E-state index in [1.165, 1.54) is 23.5 Å². The third-order valence-electron chi connectivity index (χ3n) is 5.04. The summed E-state index contributed by atoms with van der Waals surface area (Å²) in [4.78, 5) is 41.7. The second-order valence-electron chi connectivity index (χ2n) is 6.93. The number of aromatic carboxylic acids is 1. The average Bonchev–Trinajstić information content (AvgIpc) is 3.32. The van der Waals surface area contributed by atoms with Crippen LogP contribution in [0, 0.1) is 0 Å². The average molecular weight is 463 g/mol. The number of carbonyl (C=O) groups excluding carboxylic acids is 3. The molecule has 5 rings (SSSR count). The molecule has 2 amide bonds. The first-order valence-electron chi connectivity index (χ1n) is 9.22. The highest BCUT2D eigenvalue weighted by Gasteiger charge is 2.39. The van der Waals surface area contributed by atoms with Gasteiger partial charge in [0.05, 0.1) is 37.1 Å². The fraction of sp³-hybridized carbons (Fsp3) is 0. The number of anilines is 1. The fourth-order valence-corrected chi connectivity index (χ4v) is 5.67. The Bertz CT molecular complexity index is 1520. The van der Waals surface area contributed by atoms with E-state index in [0.717, 1.165) is 39.9 Å². The van der Waals surface area contributed by atoms with Gasteiger partial charge >= 0.3 is 0 Å². The van der Waals surface area contributed by atoms with Crippen molar-refractivity contribution in [3.8, 4) is 0 Å². The van der Waals surface area contributed by atoms with Crippen molar-refractivity contribution in [1.29, 1.82) is 0 Å². The third-order valence-corrected chi connectivity index (χ3v) is 7.83. The minimum atomic E-state index is -4.05. The first kappa shape index (κ1) is 20.0. The summed E-state index contributed by atoms with van der Waals surface area (Å²) in [6.45, 7) is 0. The predicted molar refractivity (Wildman–Crippen MR) is 113 cm³/mol. The largest absolute Gasteiger partial charge is 0.545 e. The predicted octanol–water partition coefficient (Wildman–Crippen LogP) is 2.29. The highest BCUT2D eigenvalue weighted by atomic mass is 32.2. The Hall–Kier alpha value is -3.89. The molecule has 0 saturated heterocycles. The quantitative estimate of drug-likeness (QED) is 0.425. The number of hydrogen-bond donors (Lipinski definition) is 0. The van der Waals surface area contributed by atoms with E-state index in [9.17, 15) is 27.9 Å². The molecule has 158 valence electrons. The lowest BCUT2D eigenvalue weighted by Gasteiger charge is -2.08. The zero-order valence-corrected chi connectivity index (χ0v) is 17.6. The Morgan fingerprint density at radius 1 is 0.875 bits per heavy atom. The van der Waals surface area contributed by atoms with Crippen LogP contribution in [0.3, 0.4) is 0 Å². The Labute approximate surface area is 185 Å². The molecule has 0 fully saturated rings. The van der Waals surface area contributed by atoms with E-state index < -0.39 is 27.6 Å². The van der Waals surface area contributed by atoms with E-state index in [2.05, 4.69) is 4.98 Å². The van der Waals surface area contributed by atoms with Crippen molar-refractivity contribution in [2.45, 2.75) is 9.79 Å². The zero-order chi connectivity index (χ0) is 22.6. The Balaban J connectivity index is 1.54. The number of sulfone groups is 1. The highest BCUT2D eigenvalue weighted by molar-refractivity contribution is 7.91. The van der Waals surface area contributed by atoms with Gasteiger partial charge in [0.25, 0.3) is 11.8 Å². The van der Waals surface area contributed by atoms with Crippen LogP contribution in [0.2, 0.25) is 0 Å². The number of hydrogen-bond acceptors (Lipinski definition) is 8. The first-order chi connectivity index (χ1) is 15.3. The maximum Gasteiger partial charge on any atom is 0.268 e. The molecule has 8 nitrogen and oxygen atoms in total. The van der Waals surface area contributed by atoms with E-state index in [1.807, 2.05) is 12.1 Å². The number of nitrogens with zero attached hydrogens (tertiary/aromatic N) is 2. The van der Waals surface area contributed by atoms with Crippen LogP contribution in [0.1, 0.15) is 31.1 Å². The number of rotatable bonds is 4. The second-order valence-corrected chi connectivity index (χ2v) is 9.89. The van der Waals surface area contributed by atoms with Crippen LogP contribution in [-0.2, 0) is 9.84 Å². The van der Waals surface area contributed by atoms with Crippen LogP contribution in [-0.4, -0.2) is 31.2 Å². The lowest BCUT2D eigenvalue weighted by atomic mass is 10.1. The number of para-hydroxylation sites is 1. The number of thiazole rings is 1. The molecule has 3 aromatic carbocycles. The summed E-state index contributed by atoms with van der Waals surface area (Å²) in [7, 11) is -4.05. The van der Waals surface area contributed by atoms with Crippen LogP contribution >= 0.6 is 11.3 Å². The molecule has 0 saturated carbocycles. The van der Waals surface area contributed by atoms with E-state index in [-0.39, 0.29) is 31.6 Å². The Morgan fingerprint density at radius 3 is 2.22 bits per heavy atom. The standard InChI is InChI=1S/C22H12N2O6S2/c25-19-15-10-9-14(32(29,30)13-7-5-12(6-8-13)21(27)28)11-16(15)20(26)24(19)22-23-17-3-1-2-4-18(17)31-22/h1-11H,(H,27,28)/p-1. The van der Waals surface area contributed by atoms with Crippen molar-refractivity contribution in [2.24, 2.45) is 0 Å². The van der Waals surface area contributed by atoms with Crippen LogP contribution < -0.4 is 10.0 Å². The molecule has 1 aliphatic heterocycles. The van der Waals surface area contributed by atoms with E-state index in [1.54, 1.807) is 12.1 Å². The summed E-state index contributed by atoms with van der Waals surface area (Å²) in [5, 5.41) is 11.1. The van der Waals surface area contributed by atoms with Crippen LogP contribution in [0.25, 0.3) is 10.2 Å². The van der Waals surface area contributed by atoms with Gasteiger partial charge < -0.3 is 9.90 Å². The molecule has 0 atom stereocenters. The lowest BCUT2D eigenvalue weighted by molar-refractivity contribution is -0.255.